The van der Waals surface area contributed by atoms with Crippen LogP contribution in [0.15, 0.2) is 48.5 Å². The predicted molar refractivity (Wildman–Crippen MR) is 143 cm³/mol. The normalized spacial score (nSPS) is 12.1. The van der Waals surface area contributed by atoms with Gasteiger partial charge < -0.3 is 19.5 Å². The Hall–Kier alpha value is -2.69. The van der Waals surface area contributed by atoms with Gasteiger partial charge in [-0.15, -0.1) is 0 Å². The van der Waals surface area contributed by atoms with Gasteiger partial charge in [0, 0.05) is 12.5 Å². The van der Waals surface area contributed by atoms with E-state index in [9.17, 15) is 4.79 Å². The van der Waals surface area contributed by atoms with Crippen LogP contribution in [0.3, 0.4) is 0 Å². The topological polar surface area (TPSA) is 56.8 Å². The number of alkyl carbamates (subject to hydrolysis) is 1. The Bertz CT molecular complexity index is 860. The zero-order valence-electron chi connectivity index (χ0n) is 22.4. The summed E-state index contributed by atoms with van der Waals surface area (Å²) in [7, 11) is 1.66. The summed E-state index contributed by atoms with van der Waals surface area (Å²) in [5.41, 5.74) is 1.82. The first-order chi connectivity index (χ1) is 16.8. The molecule has 0 bridgehead atoms. The number of rotatable bonds is 15. The maximum Gasteiger partial charge on any atom is 0.407 e. The Morgan fingerprint density at radius 1 is 0.914 bits per heavy atom. The maximum absolute atomic E-state index is 12.5. The van der Waals surface area contributed by atoms with Crippen LogP contribution >= 0.6 is 0 Å². The molecule has 0 saturated heterocycles. The maximum atomic E-state index is 12.5. The molecular formula is C30H45NO4. The second-order valence-electron chi connectivity index (χ2n) is 10.2. The van der Waals surface area contributed by atoms with E-state index in [0.717, 1.165) is 36.3 Å². The number of hydrogen-bond acceptors (Lipinski definition) is 4. The van der Waals surface area contributed by atoms with E-state index < -0.39 is 5.60 Å². The molecule has 0 radical (unpaired) electrons. The molecule has 2 aromatic carbocycles. The van der Waals surface area contributed by atoms with Crippen molar-refractivity contribution in [3.8, 4) is 11.5 Å². The van der Waals surface area contributed by atoms with Crippen LogP contribution in [0.2, 0.25) is 0 Å². The van der Waals surface area contributed by atoms with Crippen LogP contribution in [0.4, 0.5) is 4.79 Å². The number of nitrogens with one attached hydrogen (secondary N) is 1. The van der Waals surface area contributed by atoms with Gasteiger partial charge in [-0.25, -0.2) is 4.79 Å². The van der Waals surface area contributed by atoms with Crippen molar-refractivity contribution in [3.63, 3.8) is 0 Å². The molecule has 1 N–H and O–H groups in total. The molecule has 0 spiro atoms. The van der Waals surface area contributed by atoms with Gasteiger partial charge in [0.1, 0.15) is 5.60 Å². The molecule has 0 fully saturated rings. The van der Waals surface area contributed by atoms with Crippen LogP contribution < -0.4 is 14.8 Å². The van der Waals surface area contributed by atoms with E-state index in [1.807, 2.05) is 57.2 Å². The van der Waals surface area contributed by atoms with Crippen LogP contribution in [0, 0.1) is 0 Å². The number of amides is 1. The second-order valence-corrected chi connectivity index (χ2v) is 10.2. The summed E-state index contributed by atoms with van der Waals surface area (Å²) < 4.78 is 17.2. The molecule has 5 heteroatoms. The van der Waals surface area contributed by atoms with Gasteiger partial charge in [0.05, 0.1) is 13.7 Å². The van der Waals surface area contributed by atoms with Gasteiger partial charge in [0.2, 0.25) is 0 Å². The summed E-state index contributed by atoms with van der Waals surface area (Å²) in [5.74, 6) is 1.45. The van der Waals surface area contributed by atoms with Gasteiger partial charge in [-0.05, 0) is 56.9 Å². The van der Waals surface area contributed by atoms with Gasteiger partial charge in [0.15, 0.2) is 11.5 Å². The highest BCUT2D eigenvalue weighted by atomic mass is 16.6. The first-order valence-corrected chi connectivity index (χ1v) is 13.1. The highest BCUT2D eigenvalue weighted by Crippen LogP contribution is 2.29. The Labute approximate surface area is 212 Å². The molecule has 2 rings (SSSR count). The zero-order chi connectivity index (χ0) is 25.5. The number of carbonyl (C=O) groups is 1. The van der Waals surface area contributed by atoms with E-state index in [-0.39, 0.29) is 12.1 Å². The Morgan fingerprint density at radius 2 is 1.63 bits per heavy atom. The largest absolute Gasteiger partial charge is 0.493 e. The predicted octanol–water partition coefficient (Wildman–Crippen LogP) is 7.50. The molecule has 2 aromatic rings. The van der Waals surface area contributed by atoms with Gasteiger partial charge in [0.25, 0.3) is 0 Å². The number of unbranched alkanes of at least 4 members (excludes halogenated alkanes) is 5. The lowest BCUT2D eigenvalue weighted by molar-refractivity contribution is 0.0501. The highest BCUT2D eigenvalue weighted by Gasteiger charge is 2.20. The van der Waals surface area contributed by atoms with Crippen LogP contribution in [-0.4, -0.2) is 31.5 Å². The van der Waals surface area contributed by atoms with Crippen molar-refractivity contribution in [1.29, 1.82) is 0 Å². The minimum absolute atomic E-state index is 0.00147. The Kier molecular flexibility index (Phi) is 12.5. The first-order valence-electron chi connectivity index (χ1n) is 13.1. The molecule has 0 aliphatic rings. The van der Waals surface area contributed by atoms with E-state index in [2.05, 4.69) is 24.4 Å². The van der Waals surface area contributed by atoms with E-state index in [1.54, 1.807) is 7.11 Å². The van der Waals surface area contributed by atoms with Crippen molar-refractivity contribution in [2.45, 2.75) is 97.1 Å². The fourth-order valence-electron chi connectivity index (χ4n) is 4.04. The quantitative estimate of drug-likeness (QED) is 0.266. The van der Waals surface area contributed by atoms with Crippen molar-refractivity contribution < 1.29 is 19.0 Å². The minimum Gasteiger partial charge on any atom is -0.493 e. The van der Waals surface area contributed by atoms with Gasteiger partial charge in [-0.1, -0.05) is 81.8 Å². The molecular weight excluding hydrogens is 438 g/mol. The number of hydrogen-bond donors (Lipinski definition) is 1. The van der Waals surface area contributed by atoms with Crippen molar-refractivity contribution in [2.75, 3.05) is 13.7 Å². The van der Waals surface area contributed by atoms with Crippen LogP contribution in [0.5, 0.6) is 11.5 Å². The van der Waals surface area contributed by atoms with Crippen LogP contribution in [-0.2, 0) is 17.6 Å². The molecule has 35 heavy (non-hydrogen) atoms. The summed E-state index contributed by atoms with van der Waals surface area (Å²) in [6, 6.07) is 16.3. The van der Waals surface area contributed by atoms with Crippen molar-refractivity contribution in [3.05, 3.63) is 59.7 Å². The summed E-state index contributed by atoms with van der Waals surface area (Å²) in [6.45, 7) is 8.46. The number of benzene rings is 2. The molecule has 0 aliphatic heterocycles. The lowest BCUT2D eigenvalue weighted by Gasteiger charge is -2.24. The van der Waals surface area contributed by atoms with Gasteiger partial charge in [-0.2, -0.15) is 0 Å². The Balaban J connectivity index is 2.01. The fourth-order valence-corrected chi connectivity index (χ4v) is 4.04. The molecule has 1 unspecified atom stereocenters. The lowest BCUT2D eigenvalue weighted by Crippen LogP contribution is -2.40. The smallest absolute Gasteiger partial charge is 0.407 e. The summed E-state index contributed by atoms with van der Waals surface area (Å²) in [6.07, 6.45) is 9.43. The van der Waals surface area contributed by atoms with E-state index in [1.165, 1.54) is 37.7 Å². The third kappa shape index (κ3) is 12.0. The minimum atomic E-state index is -0.519. The van der Waals surface area contributed by atoms with Crippen molar-refractivity contribution >= 4 is 6.09 Å². The molecule has 0 aliphatic carbocycles. The average Bonchev–Trinajstić information content (AvgIpc) is 2.81. The summed E-state index contributed by atoms with van der Waals surface area (Å²) in [4.78, 5) is 12.5. The molecule has 5 nitrogen and oxygen atoms in total. The van der Waals surface area contributed by atoms with Crippen LogP contribution in [0.1, 0.15) is 83.8 Å². The molecule has 1 atom stereocenters. The standard InChI is InChI=1S/C30H45NO4/c1-6-7-8-9-10-14-17-26(31-29(32)35-30(2,3)4)22-25-18-19-27(33-5)28(23-25)34-21-20-24-15-12-11-13-16-24/h11-13,15-16,18-19,23,26H,6-10,14,17,20-22H2,1-5H3,(H,31,32). The third-order valence-corrected chi connectivity index (χ3v) is 5.83. The SMILES string of the molecule is CCCCCCCCC(Cc1ccc(OC)c(OCCc2ccccc2)c1)NC(=O)OC(C)(C)C. The molecule has 0 heterocycles. The van der Waals surface area contributed by atoms with E-state index in [4.69, 9.17) is 14.2 Å². The lowest BCUT2D eigenvalue weighted by atomic mass is 9.99. The average molecular weight is 484 g/mol. The summed E-state index contributed by atoms with van der Waals surface area (Å²) in [5, 5.41) is 3.10. The second kappa shape index (κ2) is 15.3. The Morgan fingerprint density at radius 3 is 2.31 bits per heavy atom. The number of methoxy groups -OCH3 is 1. The van der Waals surface area contributed by atoms with Crippen LogP contribution in [0.25, 0.3) is 0 Å². The zero-order valence-corrected chi connectivity index (χ0v) is 22.4. The van der Waals surface area contributed by atoms with Gasteiger partial charge >= 0.3 is 6.09 Å². The highest BCUT2D eigenvalue weighted by molar-refractivity contribution is 5.68. The van der Waals surface area contributed by atoms with Crippen molar-refractivity contribution in [2.24, 2.45) is 0 Å². The van der Waals surface area contributed by atoms with Crippen molar-refractivity contribution in [1.82, 2.24) is 5.32 Å². The molecule has 194 valence electrons. The van der Waals surface area contributed by atoms with E-state index >= 15 is 0 Å². The van der Waals surface area contributed by atoms with E-state index in [0.29, 0.717) is 13.0 Å². The fraction of sp³-hybridized carbons (Fsp3) is 0.567. The first kappa shape index (κ1) is 28.5. The molecule has 0 saturated carbocycles. The third-order valence-electron chi connectivity index (χ3n) is 5.83. The summed E-state index contributed by atoms with van der Waals surface area (Å²) >= 11 is 0. The van der Waals surface area contributed by atoms with Gasteiger partial charge in [-0.3, -0.25) is 0 Å². The monoisotopic (exact) mass is 483 g/mol. The number of ether oxygens (including phenoxy) is 3. The number of carbonyl (C=O) groups excluding carboxylic acids is 1. The molecule has 1 amide bonds. The molecule has 0 aromatic heterocycles.